The maximum atomic E-state index is 5.78. The molecule has 0 radical (unpaired) electrons. The minimum atomic E-state index is 0.407. The van der Waals surface area contributed by atoms with Crippen LogP contribution in [0.15, 0.2) is 0 Å². The lowest BCUT2D eigenvalue weighted by atomic mass is 10.0. The fourth-order valence-corrected chi connectivity index (χ4v) is 2.69. The highest BCUT2D eigenvalue weighted by Crippen LogP contribution is 2.19. The number of ether oxygens (including phenoxy) is 1. The first kappa shape index (κ1) is 13.0. The summed E-state index contributed by atoms with van der Waals surface area (Å²) >= 11 is 0. The molecule has 0 bridgehead atoms. The van der Waals surface area contributed by atoms with Crippen LogP contribution in [0.25, 0.3) is 0 Å². The van der Waals surface area contributed by atoms with Gasteiger partial charge in [0.05, 0.1) is 12.2 Å². The monoisotopic (exact) mass is 213 g/mol. The Kier molecular flexibility index (Phi) is 5.62. The average molecular weight is 213 g/mol. The van der Waals surface area contributed by atoms with Gasteiger partial charge in [-0.05, 0) is 26.7 Å². The molecule has 1 saturated heterocycles. The second kappa shape index (κ2) is 6.49. The molecule has 0 N–H and O–H groups in total. The van der Waals surface area contributed by atoms with Crippen LogP contribution >= 0.6 is 0 Å². The summed E-state index contributed by atoms with van der Waals surface area (Å²) in [6.07, 6.45) is 6.09. The van der Waals surface area contributed by atoms with Gasteiger partial charge in [-0.15, -0.1) is 0 Å². The van der Waals surface area contributed by atoms with Crippen molar-refractivity contribution >= 4 is 0 Å². The van der Waals surface area contributed by atoms with Gasteiger partial charge in [0.2, 0.25) is 0 Å². The van der Waals surface area contributed by atoms with Crippen molar-refractivity contribution in [1.82, 2.24) is 4.90 Å². The molecule has 15 heavy (non-hydrogen) atoms. The van der Waals surface area contributed by atoms with Crippen LogP contribution in [0.1, 0.15) is 53.4 Å². The number of rotatable bonds is 5. The quantitative estimate of drug-likeness (QED) is 0.696. The van der Waals surface area contributed by atoms with Crippen LogP contribution in [0.5, 0.6) is 0 Å². The van der Waals surface area contributed by atoms with E-state index in [1.165, 1.54) is 25.7 Å². The van der Waals surface area contributed by atoms with E-state index in [1.54, 1.807) is 0 Å². The van der Waals surface area contributed by atoms with Crippen LogP contribution in [-0.2, 0) is 4.74 Å². The summed E-state index contributed by atoms with van der Waals surface area (Å²) in [5, 5.41) is 0. The van der Waals surface area contributed by atoms with Crippen LogP contribution < -0.4 is 0 Å². The Labute approximate surface area is 95.0 Å². The van der Waals surface area contributed by atoms with Crippen LogP contribution in [0.3, 0.4) is 0 Å². The summed E-state index contributed by atoms with van der Waals surface area (Å²) < 4.78 is 5.78. The lowest BCUT2D eigenvalue weighted by Crippen LogP contribution is -2.50. The Bertz CT molecular complexity index is 156. The zero-order valence-electron chi connectivity index (χ0n) is 10.8. The third-order valence-corrected chi connectivity index (χ3v) is 3.21. The number of hydrogen-bond acceptors (Lipinski definition) is 2. The van der Waals surface area contributed by atoms with Crippen molar-refractivity contribution in [1.29, 1.82) is 0 Å². The number of morpholine rings is 1. The second-order valence-electron chi connectivity index (χ2n) is 4.94. The van der Waals surface area contributed by atoms with Crippen molar-refractivity contribution < 1.29 is 4.74 Å². The molecule has 0 aliphatic carbocycles. The number of nitrogens with zero attached hydrogens (tertiary/aromatic N) is 1. The van der Waals surface area contributed by atoms with Crippen molar-refractivity contribution in [3.63, 3.8) is 0 Å². The van der Waals surface area contributed by atoms with Gasteiger partial charge in [-0.1, -0.05) is 26.7 Å². The molecule has 1 aliphatic heterocycles. The molecule has 2 heteroatoms. The maximum absolute atomic E-state index is 5.78. The van der Waals surface area contributed by atoms with Crippen molar-refractivity contribution in [2.24, 2.45) is 0 Å². The first-order chi connectivity index (χ1) is 7.17. The molecule has 1 fully saturated rings. The SMILES string of the molecule is CCCC(CCC)N1C[C@@H](C)O[C@@H](C)C1. The van der Waals surface area contributed by atoms with E-state index in [4.69, 9.17) is 4.74 Å². The number of hydrogen-bond donors (Lipinski definition) is 0. The fraction of sp³-hybridized carbons (Fsp3) is 1.00. The van der Waals surface area contributed by atoms with Gasteiger partial charge in [-0.2, -0.15) is 0 Å². The van der Waals surface area contributed by atoms with Crippen LogP contribution in [0.2, 0.25) is 0 Å². The Morgan fingerprint density at radius 2 is 1.53 bits per heavy atom. The van der Waals surface area contributed by atoms with E-state index in [-0.39, 0.29) is 0 Å². The normalized spacial score (nSPS) is 28.6. The van der Waals surface area contributed by atoms with Crippen LogP contribution in [0.4, 0.5) is 0 Å². The smallest absolute Gasteiger partial charge is 0.0678 e. The summed E-state index contributed by atoms with van der Waals surface area (Å²) in [5.41, 5.74) is 0. The summed E-state index contributed by atoms with van der Waals surface area (Å²) in [5.74, 6) is 0. The van der Waals surface area contributed by atoms with E-state index in [2.05, 4.69) is 32.6 Å². The summed E-state index contributed by atoms with van der Waals surface area (Å²) in [6.45, 7) is 11.2. The second-order valence-corrected chi connectivity index (χ2v) is 4.94. The maximum Gasteiger partial charge on any atom is 0.0678 e. The Hall–Kier alpha value is -0.0800. The van der Waals surface area contributed by atoms with Gasteiger partial charge in [-0.3, -0.25) is 4.90 Å². The molecule has 2 nitrogen and oxygen atoms in total. The molecule has 1 aliphatic rings. The topological polar surface area (TPSA) is 12.5 Å². The zero-order valence-corrected chi connectivity index (χ0v) is 10.8. The van der Waals surface area contributed by atoms with E-state index in [9.17, 15) is 0 Å². The minimum Gasteiger partial charge on any atom is -0.373 e. The van der Waals surface area contributed by atoms with Gasteiger partial charge >= 0.3 is 0 Å². The van der Waals surface area contributed by atoms with Gasteiger partial charge < -0.3 is 4.74 Å². The average Bonchev–Trinajstić information content (AvgIpc) is 2.16. The molecule has 90 valence electrons. The predicted octanol–water partition coefficient (Wildman–Crippen LogP) is 3.06. The highest BCUT2D eigenvalue weighted by atomic mass is 16.5. The standard InChI is InChI=1S/C13H27NO/c1-5-7-13(8-6-2)14-9-11(3)15-12(4)10-14/h11-13H,5-10H2,1-4H3/t11-,12+. The van der Waals surface area contributed by atoms with Gasteiger partial charge in [0, 0.05) is 19.1 Å². The van der Waals surface area contributed by atoms with Crippen molar-refractivity contribution in [2.45, 2.75) is 71.6 Å². The van der Waals surface area contributed by atoms with Gasteiger partial charge in [0.15, 0.2) is 0 Å². The lowest BCUT2D eigenvalue weighted by molar-refractivity contribution is -0.0821. The summed E-state index contributed by atoms with van der Waals surface area (Å²) in [6, 6.07) is 0.786. The summed E-state index contributed by atoms with van der Waals surface area (Å²) in [7, 11) is 0. The Balaban J connectivity index is 2.49. The van der Waals surface area contributed by atoms with E-state index >= 15 is 0 Å². The fourth-order valence-electron chi connectivity index (χ4n) is 2.69. The molecular formula is C13H27NO. The first-order valence-electron chi connectivity index (χ1n) is 6.56. The molecule has 0 amide bonds. The van der Waals surface area contributed by atoms with Crippen LogP contribution in [0, 0.1) is 0 Å². The Morgan fingerprint density at radius 3 is 1.93 bits per heavy atom. The van der Waals surface area contributed by atoms with E-state index in [0.29, 0.717) is 12.2 Å². The molecule has 0 spiro atoms. The van der Waals surface area contributed by atoms with Crippen LogP contribution in [-0.4, -0.2) is 36.2 Å². The molecule has 1 heterocycles. The molecule has 1 rings (SSSR count). The van der Waals surface area contributed by atoms with Gasteiger partial charge in [0.1, 0.15) is 0 Å². The van der Waals surface area contributed by atoms with Gasteiger partial charge in [0.25, 0.3) is 0 Å². The minimum absolute atomic E-state index is 0.407. The van der Waals surface area contributed by atoms with Crippen molar-refractivity contribution in [3.05, 3.63) is 0 Å². The molecular weight excluding hydrogens is 186 g/mol. The third-order valence-electron chi connectivity index (χ3n) is 3.21. The molecule has 0 aromatic heterocycles. The van der Waals surface area contributed by atoms with Crippen molar-refractivity contribution in [2.75, 3.05) is 13.1 Å². The molecule has 0 unspecified atom stereocenters. The molecule has 2 atom stereocenters. The van der Waals surface area contributed by atoms with E-state index in [0.717, 1.165) is 19.1 Å². The van der Waals surface area contributed by atoms with Gasteiger partial charge in [-0.25, -0.2) is 0 Å². The van der Waals surface area contributed by atoms with Crippen molar-refractivity contribution in [3.8, 4) is 0 Å². The molecule has 0 aromatic carbocycles. The predicted molar refractivity (Wildman–Crippen MR) is 65.2 cm³/mol. The lowest BCUT2D eigenvalue weighted by Gasteiger charge is -2.40. The largest absolute Gasteiger partial charge is 0.373 e. The third kappa shape index (κ3) is 4.12. The highest BCUT2D eigenvalue weighted by molar-refractivity contribution is 4.79. The first-order valence-corrected chi connectivity index (χ1v) is 6.56. The molecule has 0 saturated carbocycles. The van der Waals surface area contributed by atoms with E-state index in [1.807, 2.05) is 0 Å². The highest BCUT2D eigenvalue weighted by Gasteiger charge is 2.26. The zero-order chi connectivity index (χ0) is 11.3. The van der Waals surface area contributed by atoms with E-state index < -0.39 is 0 Å². The molecule has 0 aromatic rings. The Morgan fingerprint density at radius 1 is 1.07 bits per heavy atom. The summed E-state index contributed by atoms with van der Waals surface area (Å²) in [4.78, 5) is 2.64.